The maximum atomic E-state index is 11.1. The van der Waals surface area contributed by atoms with Crippen molar-refractivity contribution < 1.29 is 4.92 Å². The standard InChI is InChI=1S/C14H21N3O2/c1-3-16-9-5-7-12(10-16)15-14-11(2)6-4-8-13(14)17(18)19/h4,6,8,12,15H,3,5,7,9-10H2,1-2H3. The molecule has 0 aliphatic carbocycles. The summed E-state index contributed by atoms with van der Waals surface area (Å²) < 4.78 is 0. The molecular weight excluding hydrogens is 242 g/mol. The first-order chi connectivity index (χ1) is 9.11. The predicted molar refractivity (Wildman–Crippen MR) is 76.6 cm³/mol. The van der Waals surface area contributed by atoms with Crippen molar-refractivity contribution in [1.82, 2.24) is 4.90 Å². The maximum absolute atomic E-state index is 11.1. The third kappa shape index (κ3) is 3.23. The monoisotopic (exact) mass is 263 g/mol. The van der Waals surface area contributed by atoms with Gasteiger partial charge in [-0.25, -0.2) is 0 Å². The van der Waals surface area contributed by atoms with Crippen molar-refractivity contribution in [2.24, 2.45) is 0 Å². The number of hydrogen-bond acceptors (Lipinski definition) is 4. The Morgan fingerprint density at radius 2 is 2.32 bits per heavy atom. The van der Waals surface area contributed by atoms with Crippen molar-refractivity contribution in [2.45, 2.75) is 32.7 Å². The van der Waals surface area contributed by atoms with Crippen LogP contribution in [0.2, 0.25) is 0 Å². The second kappa shape index (κ2) is 6.02. The summed E-state index contributed by atoms with van der Waals surface area (Å²) >= 11 is 0. The van der Waals surface area contributed by atoms with Crippen molar-refractivity contribution in [3.8, 4) is 0 Å². The second-order valence-electron chi connectivity index (χ2n) is 5.10. The Balaban J connectivity index is 2.16. The number of benzene rings is 1. The number of nitro benzene ring substituents is 1. The van der Waals surface area contributed by atoms with Gasteiger partial charge in [-0.2, -0.15) is 0 Å². The SMILES string of the molecule is CCN1CCCC(Nc2c(C)cccc2[N+](=O)[O-])C1. The van der Waals surface area contributed by atoms with Gasteiger partial charge in [-0.1, -0.05) is 19.1 Å². The Labute approximate surface area is 113 Å². The van der Waals surface area contributed by atoms with Crippen LogP contribution in [0.4, 0.5) is 11.4 Å². The van der Waals surface area contributed by atoms with Crippen LogP contribution in [0.25, 0.3) is 0 Å². The van der Waals surface area contributed by atoms with E-state index in [1.54, 1.807) is 12.1 Å². The van der Waals surface area contributed by atoms with E-state index in [4.69, 9.17) is 0 Å². The highest BCUT2D eigenvalue weighted by atomic mass is 16.6. The minimum Gasteiger partial charge on any atom is -0.375 e. The van der Waals surface area contributed by atoms with Crippen molar-refractivity contribution in [3.63, 3.8) is 0 Å². The topological polar surface area (TPSA) is 58.4 Å². The van der Waals surface area contributed by atoms with Crippen LogP contribution in [0.15, 0.2) is 18.2 Å². The lowest BCUT2D eigenvalue weighted by Crippen LogP contribution is -2.42. The van der Waals surface area contributed by atoms with Gasteiger partial charge in [0.2, 0.25) is 0 Å². The molecule has 1 aliphatic rings. The molecular formula is C14H21N3O2. The average molecular weight is 263 g/mol. The molecule has 1 atom stereocenters. The molecule has 0 radical (unpaired) electrons. The first-order valence-corrected chi connectivity index (χ1v) is 6.84. The summed E-state index contributed by atoms with van der Waals surface area (Å²) in [5.41, 5.74) is 1.78. The van der Waals surface area contributed by atoms with E-state index in [0.717, 1.165) is 38.0 Å². The van der Waals surface area contributed by atoms with Crippen molar-refractivity contribution in [3.05, 3.63) is 33.9 Å². The zero-order chi connectivity index (χ0) is 13.8. The summed E-state index contributed by atoms with van der Waals surface area (Å²) in [5.74, 6) is 0. The molecule has 1 heterocycles. The van der Waals surface area contributed by atoms with Crippen molar-refractivity contribution in [2.75, 3.05) is 25.0 Å². The number of piperidine rings is 1. The molecule has 1 aromatic carbocycles. The molecule has 1 aromatic rings. The van der Waals surface area contributed by atoms with Gasteiger partial charge in [0.05, 0.1) is 4.92 Å². The molecule has 1 fully saturated rings. The van der Waals surface area contributed by atoms with Crippen LogP contribution in [-0.4, -0.2) is 35.5 Å². The van der Waals surface area contributed by atoms with Gasteiger partial charge in [0.25, 0.3) is 5.69 Å². The number of aryl methyl sites for hydroxylation is 1. The lowest BCUT2D eigenvalue weighted by molar-refractivity contribution is -0.384. The number of likely N-dealkylation sites (N-methyl/N-ethyl adjacent to an activating group) is 1. The van der Waals surface area contributed by atoms with Gasteiger partial charge in [0.1, 0.15) is 5.69 Å². The van der Waals surface area contributed by atoms with E-state index in [1.165, 1.54) is 0 Å². The summed E-state index contributed by atoms with van der Waals surface area (Å²) in [6.45, 7) is 7.19. The number of hydrogen-bond donors (Lipinski definition) is 1. The summed E-state index contributed by atoms with van der Waals surface area (Å²) in [7, 11) is 0. The molecule has 19 heavy (non-hydrogen) atoms. The molecule has 1 N–H and O–H groups in total. The Morgan fingerprint density at radius 3 is 3.00 bits per heavy atom. The Morgan fingerprint density at radius 1 is 1.53 bits per heavy atom. The van der Waals surface area contributed by atoms with E-state index in [-0.39, 0.29) is 10.6 Å². The number of nitrogens with zero attached hydrogens (tertiary/aromatic N) is 2. The quantitative estimate of drug-likeness (QED) is 0.670. The summed E-state index contributed by atoms with van der Waals surface area (Å²) in [4.78, 5) is 13.2. The lowest BCUT2D eigenvalue weighted by atomic mass is 10.0. The van der Waals surface area contributed by atoms with Gasteiger partial charge >= 0.3 is 0 Å². The molecule has 5 nitrogen and oxygen atoms in total. The van der Waals surface area contributed by atoms with E-state index in [0.29, 0.717) is 11.7 Å². The van der Waals surface area contributed by atoms with Crippen LogP contribution in [0, 0.1) is 17.0 Å². The molecule has 1 aliphatic heterocycles. The number of anilines is 1. The molecule has 0 spiro atoms. The third-order valence-electron chi connectivity index (χ3n) is 3.75. The van der Waals surface area contributed by atoms with Gasteiger partial charge in [0, 0.05) is 18.7 Å². The van der Waals surface area contributed by atoms with Gasteiger partial charge in [-0.3, -0.25) is 10.1 Å². The van der Waals surface area contributed by atoms with Crippen molar-refractivity contribution >= 4 is 11.4 Å². The fraction of sp³-hybridized carbons (Fsp3) is 0.571. The first-order valence-electron chi connectivity index (χ1n) is 6.84. The zero-order valence-electron chi connectivity index (χ0n) is 11.6. The van der Waals surface area contributed by atoms with Gasteiger partial charge in [-0.15, -0.1) is 0 Å². The van der Waals surface area contributed by atoms with Gasteiger partial charge < -0.3 is 10.2 Å². The molecule has 1 unspecified atom stereocenters. The highest BCUT2D eigenvalue weighted by molar-refractivity contribution is 5.66. The van der Waals surface area contributed by atoms with Gasteiger partial charge in [-0.05, 0) is 38.4 Å². The molecule has 5 heteroatoms. The molecule has 0 amide bonds. The predicted octanol–water partition coefficient (Wildman–Crippen LogP) is 2.80. The number of rotatable bonds is 4. The minimum atomic E-state index is -0.310. The minimum absolute atomic E-state index is 0.175. The van der Waals surface area contributed by atoms with E-state index < -0.39 is 0 Å². The van der Waals surface area contributed by atoms with Crippen LogP contribution in [0.3, 0.4) is 0 Å². The number of likely N-dealkylation sites (tertiary alicyclic amines) is 1. The van der Waals surface area contributed by atoms with Crippen LogP contribution in [0.5, 0.6) is 0 Å². The van der Waals surface area contributed by atoms with Crippen LogP contribution in [-0.2, 0) is 0 Å². The third-order valence-corrected chi connectivity index (χ3v) is 3.75. The second-order valence-corrected chi connectivity index (χ2v) is 5.10. The smallest absolute Gasteiger partial charge is 0.292 e. The molecule has 0 aromatic heterocycles. The number of para-hydroxylation sites is 1. The molecule has 104 valence electrons. The largest absolute Gasteiger partial charge is 0.375 e. The fourth-order valence-corrected chi connectivity index (χ4v) is 2.66. The molecule has 2 rings (SSSR count). The van der Waals surface area contributed by atoms with Crippen LogP contribution < -0.4 is 5.32 Å². The number of nitro groups is 1. The highest BCUT2D eigenvalue weighted by Crippen LogP contribution is 2.29. The first kappa shape index (κ1) is 13.8. The summed E-state index contributed by atoms with van der Waals surface area (Å²) in [6, 6.07) is 5.51. The Bertz CT molecular complexity index is 462. The van der Waals surface area contributed by atoms with E-state index in [9.17, 15) is 10.1 Å². The lowest BCUT2D eigenvalue weighted by Gasteiger charge is -2.33. The maximum Gasteiger partial charge on any atom is 0.292 e. The highest BCUT2D eigenvalue weighted by Gasteiger charge is 2.22. The Hall–Kier alpha value is -1.62. The van der Waals surface area contributed by atoms with Crippen LogP contribution >= 0.6 is 0 Å². The van der Waals surface area contributed by atoms with Crippen LogP contribution in [0.1, 0.15) is 25.3 Å². The van der Waals surface area contributed by atoms with E-state index in [1.807, 2.05) is 13.0 Å². The fourth-order valence-electron chi connectivity index (χ4n) is 2.66. The molecule has 0 saturated carbocycles. The van der Waals surface area contributed by atoms with Gasteiger partial charge in [0.15, 0.2) is 0 Å². The molecule has 0 bridgehead atoms. The van der Waals surface area contributed by atoms with E-state index in [2.05, 4.69) is 17.1 Å². The zero-order valence-corrected chi connectivity index (χ0v) is 11.6. The van der Waals surface area contributed by atoms with E-state index >= 15 is 0 Å². The molecule has 1 saturated heterocycles. The van der Waals surface area contributed by atoms with Crippen molar-refractivity contribution in [1.29, 1.82) is 0 Å². The summed E-state index contributed by atoms with van der Waals surface area (Å²) in [6.07, 6.45) is 2.22. The number of nitrogens with one attached hydrogen (secondary N) is 1. The average Bonchev–Trinajstić information content (AvgIpc) is 2.41. The Kier molecular flexibility index (Phi) is 4.37. The normalized spacial score (nSPS) is 20.2. The summed E-state index contributed by atoms with van der Waals surface area (Å²) in [5, 5.41) is 14.5.